The van der Waals surface area contributed by atoms with Gasteiger partial charge in [0.05, 0.1) is 12.8 Å². The Morgan fingerprint density at radius 3 is 2.32 bits per heavy atom. The summed E-state index contributed by atoms with van der Waals surface area (Å²) in [5.74, 6) is 0.596. The molecular formula is C20H34N2O3. The van der Waals surface area contributed by atoms with Gasteiger partial charge < -0.3 is 14.8 Å². The van der Waals surface area contributed by atoms with Crippen LogP contribution >= 0.6 is 0 Å². The predicted molar refractivity (Wildman–Crippen MR) is 105 cm³/mol. The van der Waals surface area contributed by atoms with Crippen LogP contribution in [-0.4, -0.2) is 24.8 Å². The second-order valence-corrected chi connectivity index (χ2v) is 8.69. The van der Waals surface area contributed by atoms with E-state index in [1.807, 2.05) is 39.0 Å². The minimum atomic E-state index is -0.540. The summed E-state index contributed by atoms with van der Waals surface area (Å²) >= 11 is 0. The fraction of sp³-hybridized carbons (Fsp3) is 0.650. The highest BCUT2D eigenvalue weighted by Crippen LogP contribution is 2.29. The molecule has 1 unspecified atom stereocenters. The number of rotatable bonds is 6. The van der Waals surface area contributed by atoms with E-state index in [0.29, 0.717) is 22.9 Å². The molecule has 142 valence electrons. The van der Waals surface area contributed by atoms with Crippen LogP contribution in [0.1, 0.15) is 61.3 Å². The molecule has 1 aromatic carbocycles. The highest BCUT2D eigenvalue weighted by atomic mass is 16.6. The number of methoxy groups -OCH3 is 1. The summed E-state index contributed by atoms with van der Waals surface area (Å²) in [5, 5.41) is 6.21. The molecule has 1 atom stereocenters. The van der Waals surface area contributed by atoms with Crippen molar-refractivity contribution in [3.63, 3.8) is 0 Å². The van der Waals surface area contributed by atoms with Crippen LogP contribution < -0.4 is 15.4 Å². The van der Waals surface area contributed by atoms with Crippen LogP contribution in [0.5, 0.6) is 5.75 Å². The first-order valence-electron chi connectivity index (χ1n) is 8.84. The SMILES string of the molecule is COc1cc(NC(C)CCC(C)(C)C)ccc1NC(=O)OC(C)(C)C. The van der Waals surface area contributed by atoms with Crippen molar-refractivity contribution in [2.75, 3.05) is 17.7 Å². The van der Waals surface area contributed by atoms with E-state index >= 15 is 0 Å². The zero-order valence-electron chi connectivity index (χ0n) is 16.9. The van der Waals surface area contributed by atoms with E-state index in [-0.39, 0.29) is 0 Å². The van der Waals surface area contributed by atoms with Gasteiger partial charge in [0.1, 0.15) is 11.4 Å². The number of hydrogen-bond acceptors (Lipinski definition) is 4. The number of carbonyl (C=O) groups is 1. The van der Waals surface area contributed by atoms with Gasteiger partial charge in [-0.2, -0.15) is 0 Å². The van der Waals surface area contributed by atoms with E-state index in [1.165, 1.54) is 0 Å². The van der Waals surface area contributed by atoms with Gasteiger partial charge in [0.15, 0.2) is 0 Å². The number of benzene rings is 1. The topological polar surface area (TPSA) is 59.6 Å². The zero-order chi connectivity index (χ0) is 19.3. The van der Waals surface area contributed by atoms with Gasteiger partial charge in [0.2, 0.25) is 0 Å². The van der Waals surface area contributed by atoms with Gasteiger partial charge in [0.25, 0.3) is 0 Å². The Morgan fingerprint density at radius 2 is 1.80 bits per heavy atom. The van der Waals surface area contributed by atoms with Crippen LogP contribution in [0, 0.1) is 5.41 Å². The maximum absolute atomic E-state index is 11.9. The lowest BCUT2D eigenvalue weighted by Gasteiger charge is -2.23. The van der Waals surface area contributed by atoms with Crippen molar-refractivity contribution in [3.8, 4) is 5.75 Å². The molecule has 1 amide bonds. The van der Waals surface area contributed by atoms with E-state index in [4.69, 9.17) is 9.47 Å². The maximum atomic E-state index is 11.9. The van der Waals surface area contributed by atoms with Crippen molar-refractivity contribution < 1.29 is 14.3 Å². The summed E-state index contributed by atoms with van der Waals surface area (Å²) in [6.07, 6.45) is 1.74. The molecule has 2 N–H and O–H groups in total. The predicted octanol–water partition coefficient (Wildman–Crippen LogP) is 5.67. The lowest BCUT2D eigenvalue weighted by atomic mass is 9.89. The third-order valence-corrected chi connectivity index (χ3v) is 3.58. The first-order valence-corrected chi connectivity index (χ1v) is 8.84. The lowest BCUT2D eigenvalue weighted by Crippen LogP contribution is -2.27. The Labute approximate surface area is 152 Å². The average molecular weight is 351 g/mol. The molecule has 0 aliphatic rings. The van der Waals surface area contributed by atoms with Gasteiger partial charge in [-0.05, 0) is 58.1 Å². The van der Waals surface area contributed by atoms with Crippen LogP contribution in [-0.2, 0) is 4.74 Å². The van der Waals surface area contributed by atoms with Crippen molar-refractivity contribution in [2.24, 2.45) is 5.41 Å². The molecule has 1 rings (SSSR count). The Balaban J connectivity index is 2.73. The quantitative estimate of drug-likeness (QED) is 0.694. The van der Waals surface area contributed by atoms with E-state index in [9.17, 15) is 4.79 Å². The summed E-state index contributed by atoms with van der Waals surface area (Å²) < 4.78 is 10.7. The van der Waals surface area contributed by atoms with E-state index < -0.39 is 11.7 Å². The fourth-order valence-electron chi connectivity index (χ4n) is 2.30. The molecular weight excluding hydrogens is 316 g/mol. The Bertz CT molecular complexity index is 571. The Morgan fingerprint density at radius 1 is 1.16 bits per heavy atom. The van der Waals surface area contributed by atoms with E-state index in [0.717, 1.165) is 18.5 Å². The normalized spacial score (nSPS) is 13.1. The van der Waals surface area contributed by atoms with Crippen LogP contribution in [0.3, 0.4) is 0 Å². The van der Waals surface area contributed by atoms with Crippen LogP contribution in [0.4, 0.5) is 16.2 Å². The number of amides is 1. The molecule has 1 aromatic rings. The minimum absolute atomic E-state index is 0.328. The standard InChI is InChI=1S/C20H34N2O3/c1-14(11-12-19(2,3)4)21-15-9-10-16(17(13-15)24-8)22-18(23)25-20(5,6)7/h9-10,13-14,21H,11-12H2,1-8H3,(H,22,23). The highest BCUT2D eigenvalue weighted by molar-refractivity contribution is 5.87. The second-order valence-electron chi connectivity index (χ2n) is 8.69. The van der Waals surface area contributed by atoms with Crippen molar-refractivity contribution in [2.45, 2.75) is 73.0 Å². The first-order chi connectivity index (χ1) is 11.4. The van der Waals surface area contributed by atoms with Gasteiger partial charge in [0, 0.05) is 17.8 Å². The molecule has 0 radical (unpaired) electrons. The second kappa shape index (κ2) is 8.45. The summed E-state index contributed by atoms with van der Waals surface area (Å²) in [6.45, 7) is 14.4. The van der Waals surface area contributed by atoms with Crippen LogP contribution in [0.25, 0.3) is 0 Å². The lowest BCUT2D eigenvalue weighted by molar-refractivity contribution is 0.0635. The largest absolute Gasteiger partial charge is 0.494 e. The molecule has 5 nitrogen and oxygen atoms in total. The Kier molecular flexibility index (Phi) is 7.15. The van der Waals surface area contributed by atoms with Crippen LogP contribution in [0.15, 0.2) is 18.2 Å². The maximum Gasteiger partial charge on any atom is 0.412 e. The van der Waals surface area contributed by atoms with Gasteiger partial charge >= 0.3 is 6.09 Å². The zero-order valence-corrected chi connectivity index (χ0v) is 16.9. The van der Waals surface area contributed by atoms with Crippen molar-refractivity contribution in [1.29, 1.82) is 0 Å². The molecule has 0 spiro atoms. The molecule has 5 heteroatoms. The molecule has 0 saturated heterocycles. The molecule has 25 heavy (non-hydrogen) atoms. The van der Waals surface area contributed by atoms with Crippen LogP contribution in [0.2, 0.25) is 0 Å². The third-order valence-electron chi connectivity index (χ3n) is 3.58. The molecule has 0 saturated carbocycles. The van der Waals surface area contributed by atoms with Crippen molar-refractivity contribution in [1.82, 2.24) is 0 Å². The van der Waals surface area contributed by atoms with Gasteiger partial charge in [-0.15, -0.1) is 0 Å². The summed E-state index contributed by atoms with van der Waals surface area (Å²) in [4.78, 5) is 11.9. The van der Waals surface area contributed by atoms with Gasteiger partial charge in [-0.25, -0.2) is 4.79 Å². The molecule has 0 bridgehead atoms. The van der Waals surface area contributed by atoms with Crippen molar-refractivity contribution in [3.05, 3.63) is 18.2 Å². The molecule has 0 aliphatic heterocycles. The fourth-order valence-corrected chi connectivity index (χ4v) is 2.30. The highest BCUT2D eigenvalue weighted by Gasteiger charge is 2.18. The number of hydrogen-bond donors (Lipinski definition) is 2. The van der Waals surface area contributed by atoms with E-state index in [1.54, 1.807) is 7.11 Å². The van der Waals surface area contributed by atoms with Gasteiger partial charge in [-0.1, -0.05) is 20.8 Å². The summed E-state index contributed by atoms with van der Waals surface area (Å²) in [6, 6.07) is 6.00. The molecule has 0 aliphatic carbocycles. The number of carbonyl (C=O) groups excluding carboxylic acids is 1. The number of nitrogens with one attached hydrogen (secondary N) is 2. The van der Waals surface area contributed by atoms with E-state index in [2.05, 4.69) is 38.3 Å². The molecule has 0 aromatic heterocycles. The first kappa shape index (κ1) is 21.1. The number of ether oxygens (including phenoxy) is 2. The Hall–Kier alpha value is -1.91. The third kappa shape index (κ3) is 8.66. The molecule has 0 heterocycles. The minimum Gasteiger partial charge on any atom is -0.494 e. The monoisotopic (exact) mass is 350 g/mol. The molecule has 0 fully saturated rings. The number of anilines is 2. The summed E-state index contributed by atoms with van der Waals surface area (Å²) in [5.41, 5.74) is 1.34. The van der Waals surface area contributed by atoms with Gasteiger partial charge in [-0.3, -0.25) is 5.32 Å². The smallest absolute Gasteiger partial charge is 0.412 e. The average Bonchev–Trinajstić information content (AvgIpc) is 2.44. The van der Waals surface area contributed by atoms with Crippen molar-refractivity contribution >= 4 is 17.5 Å². The summed E-state index contributed by atoms with van der Waals surface area (Å²) in [7, 11) is 1.59.